The Labute approximate surface area is 87.3 Å². The average molecular weight is 194 g/mol. The maximum atomic E-state index is 12.1. The van der Waals surface area contributed by atoms with Gasteiger partial charge in [0.25, 0.3) is 0 Å². The number of hydrogen-bond donors (Lipinski definition) is 0. The molecule has 0 aromatic carbocycles. The molecule has 14 heavy (non-hydrogen) atoms. The van der Waals surface area contributed by atoms with Gasteiger partial charge in [-0.2, -0.15) is 0 Å². The normalized spacial score (nSPS) is 39.8. The quantitative estimate of drug-likeness (QED) is 0.658. The summed E-state index contributed by atoms with van der Waals surface area (Å²) in [6.45, 7) is 9.11. The first-order chi connectivity index (χ1) is 6.40. The van der Waals surface area contributed by atoms with E-state index in [1.165, 1.54) is 6.42 Å². The summed E-state index contributed by atoms with van der Waals surface area (Å²) in [5.74, 6) is 1.89. The fraction of sp³-hybridized carbons (Fsp3) is 0.923. The van der Waals surface area contributed by atoms with Crippen molar-refractivity contribution >= 4 is 5.78 Å². The number of fused-ring (bicyclic) bond motifs is 2. The lowest BCUT2D eigenvalue weighted by Gasteiger charge is -2.37. The van der Waals surface area contributed by atoms with Gasteiger partial charge in [0.1, 0.15) is 5.78 Å². The first kappa shape index (κ1) is 10.2. The highest BCUT2D eigenvalue weighted by Gasteiger charge is 2.63. The molecule has 0 amide bonds. The number of hydrogen-bond acceptors (Lipinski definition) is 1. The van der Waals surface area contributed by atoms with Gasteiger partial charge in [-0.1, -0.05) is 27.7 Å². The number of Topliss-reactive ketones (excluding diaryl/α,β-unsaturated/α-hetero) is 1. The van der Waals surface area contributed by atoms with Crippen molar-refractivity contribution in [2.24, 2.45) is 22.7 Å². The van der Waals surface area contributed by atoms with E-state index >= 15 is 0 Å². The largest absolute Gasteiger partial charge is 0.299 e. The number of carbonyl (C=O) groups excluding carboxylic acids is 1. The molecule has 0 spiro atoms. The second kappa shape index (κ2) is 2.84. The van der Waals surface area contributed by atoms with Crippen molar-refractivity contribution in [3.05, 3.63) is 0 Å². The Morgan fingerprint density at radius 3 is 2.43 bits per heavy atom. The van der Waals surface area contributed by atoms with Crippen LogP contribution in [-0.4, -0.2) is 5.78 Å². The van der Waals surface area contributed by atoms with E-state index < -0.39 is 0 Å². The maximum Gasteiger partial charge on any atom is 0.139 e. The fourth-order valence-electron chi connectivity index (χ4n) is 3.95. The van der Waals surface area contributed by atoms with Crippen LogP contribution in [0.5, 0.6) is 0 Å². The minimum absolute atomic E-state index is 0.0475. The summed E-state index contributed by atoms with van der Waals surface area (Å²) in [6, 6.07) is 0. The molecule has 0 aliphatic heterocycles. The molecule has 1 heteroatoms. The molecule has 0 saturated heterocycles. The number of rotatable bonds is 2. The van der Waals surface area contributed by atoms with E-state index in [4.69, 9.17) is 0 Å². The van der Waals surface area contributed by atoms with Gasteiger partial charge in [0.2, 0.25) is 0 Å². The molecule has 0 aromatic rings. The van der Waals surface area contributed by atoms with Gasteiger partial charge in [0.05, 0.1) is 0 Å². The molecule has 2 aliphatic rings. The summed E-state index contributed by atoms with van der Waals surface area (Å²) in [5.41, 5.74) is 0.320. The average Bonchev–Trinajstić information content (AvgIpc) is 2.36. The van der Waals surface area contributed by atoms with Crippen LogP contribution >= 0.6 is 0 Å². The number of ketones is 1. The molecule has 0 N–H and O–H groups in total. The Kier molecular flexibility index (Phi) is 2.06. The van der Waals surface area contributed by atoms with Crippen LogP contribution in [0.1, 0.15) is 53.4 Å². The van der Waals surface area contributed by atoms with E-state index in [1.807, 2.05) is 0 Å². The third kappa shape index (κ3) is 1.04. The van der Waals surface area contributed by atoms with Crippen LogP contribution in [0.25, 0.3) is 0 Å². The van der Waals surface area contributed by atoms with Crippen molar-refractivity contribution in [3.63, 3.8) is 0 Å². The molecule has 2 aliphatic carbocycles. The third-order valence-electron chi connectivity index (χ3n) is 4.90. The van der Waals surface area contributed by atoms with Crippen LogP contribution in [0.3, 0.4) is 0 Å². The Bertz CT molecular complexity index is 264. The Balaban J connectivity index is 2.34. The van der Waals surface area contributed by atoms with Gasteiger partial charge < -0.3 is 0 Å². The van der Waals surface area contributed by atoms with Crippen LogP contribution in [0.15, 0.2) is 0 Å². The lowest BCUT2D eigenvalue weighted by atomic mass is 9.65. The molecule has 2 fully saturated rings. The smallest absolute Gasteiger partial charge is 0.139 e. The van der Waals surface area contributed by atoms with Crippen molar-refractivity contribution in [1.29, 1.82) is 0 Å². The lowest BCUT2D eigenvalue weighted by Crippen LogP contribution is -2.37. The van der Waals surface area contributed by atoms with Crippen molar-refractivity contribution in [3.8, 4) is 0 Å². The molecule has 1 nitrogen and oxygen atoms in total. The fourth-order valence-corrected chi connectivity index (χ4v) is 3.95. The van der Waals surface area contributed by atoms with Gasteiger partial charge in [-0.25, -0.2) is 0 Å². The van der Waals surface area contributed by atoms with Crippen LogP contribution in [0.2, 0.25) is 0 Å². The molecule has 2 saturated carbocycles. The molecule has 2 atom stereocenters. The Morgan fingerprint density at radius 2 is 2.07 bits per heavy atom. The van der Waals surface area contributed by atoms with Gasteiger partial charge >= 0.3 is 0 Å². The highest BCUT2D eigenvalue weighted by atomic mass is 16.1. The van der Waals surface area contributed by atoms with Crippen LogP contribution in [-0.2, 0) is 4.79 Å². The van der Waals surface area contributed by atoms with E-state index in [0.717, 1.165) is 19.3 Å². The zero-order valence-corrected chi connectivity index (χ0v) is 9.89. The SMILES string of the molecule is CC(C)C[C@]12CCC(CC1=O)C2(C)C. The van der Waals surface area contributed by atoms with Gasteiger partial charge in [-0.05, 0) is 36.5 Å². The topological polar surface area (TPSA) is 17.1 Å². The van der Waals surface area contributed by atoms with Crippen molar-refractivity contribution in [2.75, 3.05) is 0 Å². The maximum absolute atomic E-state index is 12.1. The predicted molar refractivity (Wildman–Crippen MR) is 58.0 cm³/mol. The van der Waals surface area contributed by atoms with Crippen molar-refractivity contribution in [1.82, 2.24) is 0 Å². The monoisotopic (exact) mass is 194 g/mol. The summed E-state index contributed by atoms with van der Waals surface area (Å²) in [6.07, 6.45) is 4.40. The van der Waals surface area contributed by atoms with E-state index in [9.17, 15) is 4.79 Å². The summed E-state index contributed by atoms with van der Waals surface area (Å²) in [4.78, 5) is 12.1. The third-order valence-corrected chi connectivity index (χ3v) is 4.90. The van der Waals surface area contributed by atoms with Crippen LogP contribution in [0.4, 0.5) is 0 Å². The van der Waals surface area contributed by atoms with Gasteiger partial charge in [0, 0.05) is 11.8 Å². The highest BCUT2D eigenvalue weighted by Crippen LogP contribution is 2.65. The number of carbonyl (C=O) groups is 1. The molecule has 1 unspecified atom stereocenters. The minimum Gasteiger partial charge on any atom is -0.299 e. The molecule has 0 radical (unpaired) electrons. The first-order valence-corrected chi connectivity index (χ1v) is 5.93. The zero-order chi connectivity index (χ0) is 10.6. The standard InChI is InChI=1S/C13H22O/c1-9(2)8-13-6-5-10(7-11(13)14)12(13,3)4/h9-10H,5-8H2,1-4H3/t10?,13-/m1/s1. The molecule has 2 bridgehead atoms. The highest BCUT2D eigenvalue weighted by molar-refractivity contribution is 5.89. The molecule has 2 rings (SSSR count). The molecule has 0 heterocycles. The van der Waals surface area contributed by atoms with E-state index in [1.54, 1.807) is 0 Å². The minimum atomic E-state index is 0.0475. The van der Waals surface area contributed by atoms with Gasteiger partial charge in [0.15, 0.2) is 0 Å². The molecule has 0 aromatic heterocycles. The zero-order valence-electron chi connectivity index (χ0n) is 9.89. The summed E-state index contributed by atoms with van der Waals surface area (Å²) < 4.78 is 0. The Hall–Kier alpha value is -0.330. The van der Waals surface area contributed by atoms with Crippen LogP contribution in [0, 0.1) is 22.7 Å². The summed E-state index contributed by atoms with van der Waals surface area (Å²) in [7, 11) is 0. The van der Waals surface area contributed by atoms with E-state index in [-0.39, 0.29) is 10.8 Å². The van der Waals surface area contributed by atoms with Gasteiger partial charge in [-0.15, -0.1) is 0 Å². The summed E-state index contributed by atoms with van der Waals surface area (Å²) in [5, 5.41) is 0. The lowest BCUT2D eigenvalue weighted by molar-refractivity contribution is -0.130. The first-order valence-electron chi connectivity index (χ1n) is 5.93. The second-order valence-corrected chi connectivity index (χ2v) is 6.26. The van der Waals surface area contributed by atoms with Gasteiger partial charge in [-0.3, -0.25) is 4.79 Å². The van der Waals surface area contributed by atoms with E-state index in [2.05, 4.69) is 27.7 Å². The van der Waals surface area contributed by atoms with Crippen molar-refractivity contribution < 1.29 is 4.79 Å². The predicted octanol–water partition coefficient (Wildman–Crippen LogP) is 3.43. The summed E-state index contributed by atoms with van der Waals surface area (Å²) >= 11 is 0. The van der Waals surface area contributed by atoms with Crippen LogP contribution < -0.4 is 0 Å². The van der Waals surface area contributed by atoms with E-state index in [0.29, 0.717) is 17.6 Å². The van der Waals surface area contributed by atoms with Crippen molar-refractivity contribution in [2.45, 2.75) is 53.4 Å². The molecular formula is C13H22O. The Morgan fingerprint density at radius 1 is 1.43 bits per heavy atom. The second-order valence-electron chi connectivity index (χ2n) is 6.26. The molecule has 80 valence electrons. The molecular weight excluding hydrogens is 172 g/mol.